The van der Waals surface area contributed by atoms with E-state index in [2.05, 4.69) is 4.84 Å². The van der Waals surface area contributed by atoms with Gasteiger partial charge in [-0.2, -0.15) is 0 Å². The molecule has 14 nitrogen and oxygen atoms in total. The van der Waals surface area contributed by atoms with Gasteiger partial charge in [-0.15, -0.1) is 10.1 Å². The largest absolute Gasteiger partial charge is 0.463 e. The molecule has 1 atom stereocenters. The highest BCUT2D eigenvalue weighted by Gasteiger charge is 2.34. The summed E-state index contributed by atoms with van der Waals surface area (Å²) in [5.74, 6) is -5.39. The number of rotatable bonds is 14. The summed E-state index contributed by atoms with van der Waals surface area (Å²) in [5.41, 5.74) is -1.27. The smallest absolute Gasteiger partial charge is 0.333 e. The van der Waals surface area contributed by atoms with Gasteiger partial charge >= 0.3 is 17.9 Å². The third kappa shape index (κ3) is 9.04. The van der Waals surface area contributed by atoms with Gasteiger partial charge in [-0.1, -0.05) is 0 Å². The summed E-state index contributed by atoms with van der Waals surface area (Å²) >= 11 is 0. The average Bonchev–Trinajstić information content (AvgIpc) is 3.31. The van der Waals surface area contributed by atoms with Crippen molar-refractivity contribution in [2.24, 2.45) is 0 Å². The Kier molecular flexibility index (Phi) is 10.4. The normalized spacial score (nSPS) is 16.7. The first-order valence-corrected chi connectivity index (χ1v) is 11.8. The van der Waals surface area contributed by atoms with Crippen molar-refractivity contribution in [1.82, 2.24) is 10.1 Å². The number of nitrogens with zero attached hydrogens (tertiary/aromatic N) is 2. The monoisotopic (exact) mass is 526 g/mol. The van der Waals surface area contributed by atoms with Gasteiger partial charge in [-0.05, 0) is 20.8 Å². The molecule has 2 aliphatic heterocycles. The lowest BCUT2D eigenvalue weighted by atomic mass is 9.99. The van der Waals surface area contributed by atoms with E-state index in [1.165, 1.54) is 13.8 Å². The van der Waals surface area contributed by atoms with Crippen LogP contribution in [0, 0.1) is 0 Å². The van der Waals surface area contributed by atoms with Crippen molar-refractivity contribution in [2.45, 2.75) is 90.3 Å². The molecule has 0 bridgehead atoms. The Morgan fingerprint density at radius 2 is 1.14 bits per heavy atom. The molecule has 0 aromatic carbocycles. The van der Waals surface area contributed by atoms with Crippen LogP contribution in [0.1, 0.15) is 78.6 Å². The van der Waals surface area contributed by atoms with Crippen LogP contribution in [0.3, 0.4) is 0 Å². The fourth-order valence-electron chi connectivity index (χ4n) is 3.23. The van der Waals surface area contributed by atoms with Gasteiger partial charge in [0, 0.05) is 38.5 Å². The minimum absolute atomic E-state index is 0.0325. The Balaban J connectivity index is 1.62. The first kappa shape index (κ1) is 29.5. The molecule has 2 fully saturated rings. The molecular weight excluding hydrogens is 496 g/mol. The molecule has 0 aliphatic carbocycles. The van der Waals surface area contributed by atoms with Crippen LogP contribution in [-0.4, -0.2) is 75.8 Å². The number of Topliss-reactive ketones (excluding diaryl/α,β-unsaturated/α-hetero) is 1. The van der Waals surface area contributed by atoms with E-state index in [9.17, 15) is 38.4 Å². The molecule has 204 valence electrons. The van der Waals surface area contributed by atoms with E-state index in [0.717, 1.165) is 0 Å². The Morgan fingerprint density at radius 1 is 0.730 bits per heavy atom. The molecule has 0 aromatic heterocycles. The van der Waals surface area contributed by atoms with E-state index in [1.54, 1.807) is 6.92 Å². The molecule has 0 saturated carbocycles. The number of ether oxygens (including phenoxy) is 2. The predicted molar refractivity (Wildman–Crippen MR) is 118 cm³/mol. The topological polar surface area (TPSA) is 180 Å². The highest BCUT2D eigenvalue weighted by molar-refractivity contribution is 6.02. The number of esters is 1. The zero-order chi connectivity index (χ0) is 27.8. The number of carbonyl (C=O) groups excluding carboxylic acids is 8. The van der Waals surface area contributed by atoms with E-state index in [4.69, 9.17) is 14.3 Å². The second kappa shape index (κ2) is 13.0. The van der Waals surface area contributed by atoms with Gasteiger partial charge in [0.25, 0.3) is 23.6 Å². The number of hydrogen-bond acceptors (Lipinski definition) is 12. The molecule has 2 rings (SSSR count). The molecule has 0 radical (unpaired) electrons. The second-order valence-electron chi connectivity index (χ2n) is 8.96. The van der Waals surface area contributed by atoms with E-state index in [0.29, 0.717) is 10.1 Å². The average molecular weight is 526 g/mol. The van der Waals surface area contributed by atoms with Crippen LogP contribution >= 0.6 is 0 Å². The third-order valence-corrected chi connectivity index (χ3v) is 5.48. The fourth-order valence-corrected chi connectivity index (χ4v) is 3.23. The van der Waals surface area contributed by atoms with Crippen molar-refractivity contribution in [3.8, 4) is 0 Å². The first-order chi connectivity index (χ1) is 17.3. The minimum Gasteiger partial charge on any atom is -0.463 e. The predicted octanol–water partition coefficient (Wildman–Crippen LogP) is 0.447. The summed E-state index contributed by atoms with van der Waals surface area (Å²) in [6.45, 7) is 4.64. The molecule has 2 aliphatic rings. The maximum Gasteiger partial charge on any atom is 0.333 e. The lowest BCUT2D eigenvalue weighted by Gasteiger charge is -2.24. The lowest BCUT2D eigenvalue weighted by Crippen LogP contribution is -2.37. The molecule has 0 N–H and O–H groups in total. The number of hydroxylamine groups is 4. The van der Waals surface area contributed by atoms with Crippen molar-refractivity contribution in [1.29, 1.82) is 0 Å². The van der Waals surface area contributed by atoms with Crippen molar-refractivity contribution < 1.29 is 57.5 Å². The summed E-state index contributed by atoms with van der Waals surface area (Å²) in [5, 5.41) is 0.810. The maximum atomic E-state index is 12.4. The summed E-state index contributed by atoms with van der Waals surface area (Å²) in [7, 11) is 0. The van der Waals surface area contributed by atoms with Crippen molar-refractivity contribution >= 4 is 47.3 Å². The van der Waals surface area contributed by atoms with E-state index < -0.39 is 59.0 Å². The summed E-state index contributed by atoms with van der Waals surface area (Å²) in [6.07, 6.45) is -1.82. The zero-order valence-corrected chi connectivity index (χ0v) is 20.9. The third-order valence-electron chi connectivity index (χ3n) is 5.48. The molecule has 14 heteroatoms. The summed E-state index contributed by atoms with van der Waals surface area (Å²) in [4.78, 5) is 103. The van der Waals surface area contributed by atoms with Crippen molar-refractivity contribution in [3.05, 3.63) is 0 Å². The Hall–Kier alpha value is -3.68. The van der Waals surface area contributed by atoms with E-state index in [1.807, 2.05) is 0 Å². The van der Waals surface area contributed by atoms with Crippen LogP contribution in [-0.2, 0) is 57.5 Å². The van der Waals surface area contributed by atoms with Crippen LogP contribution < -0.4 is 0 Å². The molecule has 2 heterocycles. The Morgan fingerprint density at radius 3 is 1.59 bits per heavy atom. The van der Waals surface area contributed by atoms with Gasteiger partial charge in [0.15, 0.2) is 5.78 Å². The van der Waals surface area contributed by atoms with Crippen molar-refractivity contribution in [3.63, 3.8) is 0 Å². The maximum absolute atomic E-state index is 12.4. The molecule has 37 heavy (non-hydrogen) atoms. The van der Waals surface area contributed by atoms with Crippen LogP contribution in [0.5, 0.6) is 0 Å². The quantitative estimate of drug-likeness (QED) is 0.225. The number of ketones is 1. The Bertz CT molecular complexity index is 941. The van der Waals surface area contributed by atoms with Gasteiger partial charge in [-0.25, -0.2) is 9.59 Å². The molecule has 1 unspecified atom stereocenters. The number of carbonyl (C=O) groups is 8. The molecule has 0 spiro atoms. The van der Waals surface area contributed by atoms with Crippen molar-refractivity contribution in [2.75, 3.05) is 6.61 Å². The van der Waals surface area contributed by atoms with Crippen LogP contribution in [0.2, 0.25) is 0 Å². The zero-order valence-electron chi connectivity index (χ0n) is 20.9. The van der Waals surface area contributed by atoms with Crippen LogP contribution in [0.15, 0.2) is 0 Å². The SMILES string of the molecule is CC(CCOC(C)(C)C(=O)CCC(=O)ON1C(=O)CCC1=O)OC(=O)CCC(=O)ON1C(=O)CCC1=O. The number of hydrogen-bond donors (Lipinski definition) is 0. The highest BCUT2D eigenvalue weighted by Crippen LogP contribution is 2.18. The van der Waals surface area contributed by atoms with Crippen LogP contribution in [0.4, 0.5) is 0 Å². The van der Waals surface area contributed by atoms with Gasteiger partial charge in [-0.3, -0.25) is 28.8 Å². The standard InChI is InChI=1S/C23H30N2O12/c1-14(35-20(31)10-11-22(33)37-25-18(29)7-8-19(25)30)12-13-34-23(2,3)15(26)4-9-21(32)36-24-16(27)5-6-17(24)28/h14H,4-13H2,1-3H3. The van der Waals surface area contributed by atoms with Gasteiger partial charge in [0.2, 0.25) is 0 Å². The summed E-state index contributed by atoms with van der Waals surface area (Å²) in [6, 6.07) is 0. The highest BCUT2D eigenvalue weighted by atomic mass is 16.7. The summed E-state index contributed by atoms with van der Waals surface area (Å²) < 4.78 is 10.7. The van der Waals surface area contributed by atoms with Gasteiger partial charge < -0.3 is 19.1 Å². The number of amides is 4. The van der Waals surface area contributed by atoms with Crippen LogP contribution in [0.25, 0.3) is 0 Å². The molecule has 4 amide bonds. The molecule has 0 aromatic rings. The van der Waals surface area contributed by atoms with E-state index in [-0.39, 0.29) is 64.4 Å². The molecule has 2 saturated heterocycles. The fraction of sp³-hybridized carbons (Fsp3) is 0.652. The van der Waals surface area contributed by atoms with E-state index >= 15 is 0 Å². The second-order valence-corrected chi connectivity index (χ2v) is 8.96. The molecular formula is C23H30N2O12. The van der Waals surface area contributed by atoms with Gasteiger partial charge in [0.1, 0.15) is 11.7 Å². The number of imide groups is 2. The first-order valence-electron chi connectivity index (χ1n) is 11.8. The lowest BCUT2D eigenvalue weighted by molar-refractivity contribution is -0.197. The Labute approximate surface area is 212 Å². The minimum atomic E-state index is -1.27. The van der Waals surface area contributed by atoms with Gasteiger partial charge in [0.05, 0.1) is 25.9 Å².